The van der Waals surface area contributed by atoms with Crippen LogP contribution in [0.15, 0.2) is 78.9 Å². The van der Waals surface area contributed by atoms with Crippen LogP contribution in [-0.2, 0) is 0 Å². The van der Waals surface area contributed by atoms with Gasteiger partial charge in [0.2, 0.25) is 0 Å². The highest BCUT2D eigenvalue weighted by Gasteiger charge is 2.21. The van der Waals surface area contributed by atoms with Crippen LogP contribution in [0.25, 0.3) is 11.1 Å². The Morgan fingerprint density at radius 3 is 2.06 bits per heavy atom. The molecule has 0 spiro atoms. The first-order valence-electron chi connectivity index (χ1n) is 10.8. The summed E-state index contributed by atoms with van der Waals surface area (Å²) in [5.41, 5.74) is 3.47. The molecule has 178 valence electrons. The molecule has 0 saturated carbocycles. The minimum absolute atomic E-state index is 0. The maximum Gasteiger partial charge on any atom is 0.142 e. The lowest BCUT2D eigenvalue weighted by Gasteiger charge is -2.37. The number of hydrogen-bond acceptors (Lipinski definition) is 5. The molecular formula is C26H32Cl2N2O3. The summed E-state index contributed by atoms with van der Waals surface area (Å²) in [4.78, 5) is 4.63. The van der Waals surface area contributed by atoms with E-state index < -0.39 is 6.10 Å². The van der Waals surface area contributed by atoms with Crippen LogP contribution in [0.4, 0.5) is 5.69 Å². The van der Waals surface area contributed by atoms with Gasteiger partial charge in [0, 0.05) is 32.7 Å². The van der Waals surface area contributed by atoms with E-state index >= 15 is 0 Å². The van der Waals surface area contributed by atoms with E-state index in [1.807, 2.05) is 60.7 Å². The molecule has 0 aromatic heterocycles. The third kappa shape index (κ3) is 7.27. The Morgan fingerprint density at radius 1 is 0.788 bits per heavy atom. The molecule has 1 unspecified atom stereocenters. The monoisotopic (exact) mass is 490 g/mol. The zero-order valence-electron chi connectivity index (χ0n) is 18.8. The van der Waals surface area contributed by atoms with Gasteiger partial charge >= 0.3 is 0 Å². The summed E-state index contributed by atoms with van der Waals surface area (Å²) in [6.45, 7) is 4.53. The van der Waals surface area contributed by atoms with Gasteiger partial charge in [-0.25, -0.2) is 0 Å². The number of benzene rings is 3. The molecule has 0 aliphatic carbocycles. The SMILES string of the molecule is COc1ccccc1N1CCN(CC(O)COc2ccc(-c3ccccc3)cc2)CC1.Cl.Cl. The maximum atomic E-state index is 10.5. The topological polar surface area (TPSA) is 45.2 Å². The fourth-order valence-corrected chi connectivity index (χ4v) is 3.98. The standard InChI is InChI=1S/C26H30N2O3.2ClH/c1-30-26-10-6-5-9-25(26)28-17-15-27(16-18-28)19-23(29)20-31-24-13-11-22(12-14-24)21-7-3-2-4-8-21;;/h2-14,23,29H,15-20H2,1H3;2*1H. The highest BCUT2D eigenvalue weighted by Crippen LogP contribution is 2.28. The number of nitrogens with zero attached hydrogens (tertiary/aromatic N) is 2. The van der Waals surface area contributed by atoms with Gasteiger partial charge in [0.15, 0.2) is 0 Å². The van der Waals surface area contributed by atoms with E-state index in [1.54, 1.807) is 7.11 Å². The van der Waals surface area contributed by atoms with Gasteiger partial charge in [0.05, 0.1) is 12.8 Å². The lowest BCUT2D eigenvalue weighted by atomic mass is 10.1. The minimum atomic E-state index is -0.522. The number of aliphatic hydroxyl groups is 1. The lowest BCUT2D eigenvalue weighted by molar-refractivity contribution is 0.0663. The van der Waals surface area contributed by atoms with Gasteiger partial charge < -0.3 is 19.5 Å². The number of aliphatic hydroxyl groups excluding tert-OH is 1. The van der Waals surface area contributed by atoms with Gasteiger partial charge in [-0.15, -0.1) is 24.8 Å². The van der Waals surface area contributed by atoms with Crippen molar-refractivity contribution in [3.8, 4) is 22.6 Å². The number of hydrogen-bond donors (Lipinski definition) is 1. The van der Waals surface area contributed by atoms with Crippen LogP contribution in [0.3, 0.4) is 0 Å². The lowest BCUT2D eigenvalue weighted by Crippen LogP contribution is -2.49. The summed E-state index contributed by atoms with van der Waals surface area (Å²) >= 11 is 0. The fraction of sp³-hybridized carbons (Fsp3) is 0.308. The van der Waals surface area contributed by atoms with Crippen molar-refractivity contribution in [2.75, 3.05) is 51.3 Å². The molecule has 1 aliphatic rings. The Hall–Kier alpha value is -2.44. The van der Waals surface area contributed by atoms with Gasteiger partial charge in [-0.2, -0.15) is 0 Å². The van der Waals surface area contributed by atoms with E-state index in [0.717, 1.165) is 48.9 Å². The average molecular weight is 491 g/mol. The third-order valence-electron chi connectivity index (χ3n) is 5.67. The van der Waals surface area contributed by atoms with Crippen molar-refractivity contribution in [1.29, 1.82) is 0 Å². The fourth-order valence-electron chi connectivity index (χ4n) is 3.98. The molecule has 33 heavy (non-hydrogen) atoms. The number of piperazine rings is 1. The Morgan fingerprint density at radius 2 is 1.39 bits per heavy atom. The van der Waals surface area contributed by atoms with Gasteiger partial charge in [0.25, 0.3) is 0 Å². The van der Waals surface area contributed by atoms with Crippen molar-refractivity contribution in [3.05, 3.63) is 78.9 Å². The molecule has 3 aromatic rings. The predicted octanol–water partition coefficient (Wildman–Crippen LogP) is 4.77. The second kappa shape index (κ2) is 13.3. The van der Waals surface area contributed by atoms with Gasteiger partial charge in [0.1, 0.15) is 24.2 Å². The highest BCUT2D eigenvalue weighted by atomic mass is 35.5. The van der Waals surface area contributed by atoms with Crippen LogP contribution in [0.5, 0.6) is 11.5 Å². The number of β-amino-alcohol motifs (C(OH)–C–C–N with tert-alkyl or cyclic N) is 1. The molecule has 1 heterocycles. The van der Waals surface area contributed by atoms with Gasteiger partial charge in [-0.3, -0.25) is 4.90 Å². The van der Waals surface area contributed by atoms with Crippen LogP contribution in [0, 0.1) is 0 Å². The Kier molecular flexibility index (Phi) is 10.8. The van der Waals surface area contributed by atoms with E-state index in [-0.39, 0.29) is 31.4 Å². The summed E-state index contributed by atoms with van der Waals surface area (Å²) in [5.74, 6) is 1.68. The molecule has 0 amide bonds. The molecule has 3 aromatic carbocycles. The zero-order chi connectivity index (χ0) is 21.5. The number of ether oxygens (including phenoxy) is 2. The number of rotatable bonds is 8. The highest BCUT2D eigenvalue weighted by molar-refractivity contribution is 5.85. The average Bonchev–Trinajstić information content (AvgIpc) is 2.84. The molecule has 1 saturated heterocycles. The first-order valence-corrected chi connectivity index (χ1v) is 10.8. The van der Waals surface area contributed by atoms with Crippen molar-refractivity contribution in [3.63, 3.8) is 0 Å². The number of halogens is 2. The van der Waals surface area contributed by atoms with E-state index in [2.05, 4.69) is 28.0 Å². The van der Waals surface area contributed by atoms with Gasteiger partial charge in [-0.05, 0) is 35.4 Å². The van der Waals surface area contributed by atoms with Crippen molar-refractivity contribution >= 4 is 30.5 Å². The predicted molar refractivity (Wildman–Crippen MR) is 140 cm³/mol. The second-order valence-corrected chi connectivity index (χ2v) is 7.81. The zero-order valence-corrected chi connectivity index (χ0v) is 20.4. The molecule has 1 atom stereocenters. The van der Waals surface area contributed by atoms with Crippen molar-refractivity contribution in [2.45, 2.75) is 6.10 Å². The summed E-state index contributed by atoms with van der Waals surface area (Å²) in [7, 11) is 1.71. The van der Waals surface area contributed by atoms with Crippen LogP contribution in [0.1, 0.15) is 0 Å². The summed E-state index contributed by atoms with van der Waals surface area (Å²) in [6, 6.07) is 26.4. The molecule has 7 heteroatoms. The third-order valence-corrected chi connectivity index (χ3v) is 5.67. The first kappa shape index (κ1) is 26.8. The van der Waals surface area contributed by atoms with Crippen LogP contribution < -0.4 is 14.4 Å². The van der Waals surface area contributed by atoms with Crippen LogP contribution in [0.2, 0.25) is 0 Å². The molecule has 0 radical (unpaired) electrons. The molecule has 4 rings (SSSR count). The maximum absolute atomic E-state index is 10.5. The van der Waals surface area contributed by atoms with Gasteiger partial charge in [-0.1, -0.05) is 54.6 Å². The summed E-state index contributed by atoms with van der Waals surface area (Å²) < 4.78 is 11.3. The molecule has 5 nitrogen and oxygen atoms in total. The summed E-state index contributed by atoms with van der Waals surface area (Å²) in [5, 5.41) is 10.5. The van der Waals surface area contributed by atoms with E-state index in [4.69, 9.17) is 9.47 Å². The number of methoxy groups -OCH3 is 1. The Balaban J connectivity index is 0.00000193. The molecule has 0 bridgehead atoms. The summed E-state index contributed by atoms with van der Waals surface area (Å²) in [6.07, 6.45) is -0.522. The van der Waals surface area contributed by atoms with E-state index in [1.165, 1.54) is 5.56 Å². The van der Waals surface area contributed by atoms with Crippen molar-refractivity contribution in [2.24, 2.45) is 0 Å². The largest absolute Gasteiger partial charge is 0.495 e. The second-order valence-electron chi connectivity index (χ2n) is 7.81. The molecule has 1 aliphatic heterocycles. The van der Waals surface area contributed by atoms with Crippen LogP contribution >= 0.6 is 24.8 Å². The Labute approximate surface area is 208 Å². The molecular weight excluding hydrogens is 459 g/mol. The smallest absolute Gasteiger partial charge is 0.142 e. The Bertz CT molecular complexity index is 949. The molecule has 1 N–H and O–H groups in total. The quantitative estimate of drug-likeness (QED) is 0.492. The normalized spacial score (nSPS) is 14.5. The van der Waals surface area contributed by atoms with Crippen molar-refractivity contribution in [1.82, 2.24) is 4.90 Å². The molecule has 1 fully saturated rings. The first-order chi connectivity index (χ1) is 15.2. The van der Waals surface area contributed by atoms with Crippen LogP contribution in [-0.4, -0.2) is 62.6 Å². The van der Waals surface area contributed by atoms with E-state index in [0.29, 0.717) is 6.54 Å². The number of anilines is 1. The van der Waals surface area contributed by atoms with E-state index in [9.17, 15) is 5.11 Å². The minimum Gasteiger partial charge on any atom is -0.495 e. The van der Waals surface area contributed by atoms with Crippen molar-refractivity contribution < 1.29 is 14.6 Å². The number of para-hydroxylation sites is 2.